The summed E-state index contributed by atoms with van der Waals surface area (Å²) in [6, 6.07) is 11.3. The number of hydrogen-bond acceptors (Lipinski definition) is 4. The SMILES string of the molecule is C[C@@H](Oc1ccc(=O)n(-c2ccc(F)cc2)n1)C(=O)Nc1ccc(F)cc1Cl. The number of amides is 1. The fourth-order valence-electron chi connectivity index (χ4n) is 2.28. The summed E-state index contributed by atoms with van der Waals surface area (Å²) in [5.41, 5.74) is 0.119. The van der Waals surface area contributed by atoms with Crippen molar-refractivity contribution in [1.29, 1.82) is 0 Å². The van der Waals surface area contributed by atoms with Gasteiger partial charge in [-0.05, 0) is 49.4 Å². The highest BCUT2D eigenvalue weighted by molar-refractivity contribution is 6.33. The Bertz CT molecular complexity index is 1070. The first kappa shape index (κ1) is 19.5. The van der Waals surface area contributed by atoms with E-state index < -0.39 is 29.2 Å². The molecule has 0 bridgehead atoms. The second kappa shape index (κ2) is 8.18. The van der Waals surface area contributed by atoms with Gasteiger partial charge in [-0.1, -0.05) is 11.6 Å². The molecule has 1 amide bonds. The van der Waals surface area contributed by atoms with E-state index in [9.17, 15) is 18.4 Å². The van der Waals surface area contributed by atoms with E-state index >= 15 is 0 Å². The summed E-state index contributed by atoms with van der Waals surface area (Å²) in [6.45, 7) is 1.47. The molecular weight excluding hydrogens is 392 g/mol. The van der Waals surface area contributed by atoms with Crippen LogP contribution in [0, 0.1) is 11.6 Å². The van der Waals surface area contributed by atoms with Gasteiger partial charge in [0, 0.05) is 12.1 Å². The van der Waals surface area contributed by atoms with Crippen LogP contribution in [0.2, 0.25) is 5.02 Å². The van der Waals surface area contributed by atoms with Crippen molar-refractivity contribution in [2.24, 2.45) is 0 Å². The molecule has 0 unspecified atom stereocenters. The number of aromatic nitrogens is 2. The average molecular weight is 406 g/mol. The minimum atomic E-state index is -0.993. The molecule has 1 atom stereocenters. The lowest BCUT2D eigenvalue weighted by Gasteiger charge is -2.15. The van der Waals surface area contributed by atoms with Crippen LogP contribution in [-0.2, 0) is 4.79 Å². The molecule has 1 N–H and O–H groups in total. The Kier molecular flexibility index (Phi) is 5.70. The zero-order valence-corrected chi connectivity index (χ0v) is 15.3. The Balaban J connectivity index is 1.75. The van der Waals surface area contributed by atoms with Crippen LogP contribution < -0.4 is 15.6 Å². The van der Waals surface area contributed by atoms with E-state index in [4.69, 9.17) is 16.3 Å². The van der Waals surface area contributed by atoms with Crippen molar-refractivity contribution < 1.29 is 18.3 Å². The first-order valence-corrected chi connectivity index (χ1v) is 8.50. The molecule has 3 rings (SSSR count). The van der Waals surface area contributed by atoms with Crippen molar-refractivity contribution in [3.63, 3.8) is 0 Å². The average Bonchev–Trinajstić information content (AvgIpc) is 2.66. The van der Waals surface area contributed by atoms with E-state index in [0.717, 1.165) is 16.8 Å². The summed E-state index contributed by atoms with van der Waals surface area (Å²) >= 11 is 5.88. The summed E-state index contributed by atoms with van der Waals surface area (Å²) in [4.78, 5) is 24.3. The number of rotatable bonds is 5. The number of hydrogen-bond donors (Lipinski definition) is 1. The van der Waals surface area contributed by atoms with Crippen LogP contribution in [0.25, 0.3) is 5.69 Å². The third-order valence-electron chi connectivity index (χ3n) is 3.70. The normalized spacial score (nSPS) is 11.7. The molecular formula is C19H14ClF2N3O3. The molecule has 2 aromatic carbocycles. The molecule has 1 aromatic heterocycles. The second-order valence-corrected chi connectivity index (χ2v) is 6.18. The molecule has 0 saturated heterocycles. The quantitative estimate of drug-likeness (QED) is 0.704. The number of benzene rings is 2. The lowest BCUT2D eigenvalue weighted by Crippen LogP contribution is -2.31. The molecule has 3 aromatic rings. The Morgan fingerprint density at radius 1 is 1.11 bits per heavy atom. The zero-order chi connectivity index (χ0) is 20.3. The summed E-state index contributed by atoms with van der Waals surface area (Å²) < 4.78 is 32.7. The Hall–Kier alpha value is -3.26. The maximum absolute atomic E-state index is 13.1. The molecule has 144 valence electrons. The highest BCUT2D eigenvalue weighted by atomic mass is 35.5. The summed E-state index contributed by atoms with van der Waals surface area (Å²) in [6.07, 6.45) is -0.993. The monoisotopic (exact) mass is 405 g/mol. The fraction of sp³-hybridized carbons (Fsp3) is 0.105. The maximum Gasteiger partial charge on any atom is 0.271 e. The van der Waals surface area contributed by atoms with Crippen LogP contribution in [0.5, 0.6) is 5.88 Å². The molecule has 9 heteroatoms. The molecule has 1 heterocycles. The Morgan fingerprint density at radius 3 is 2.46 bits per heavy atom. The minimum Gasteiger partial charge on any atom is -0.463 e. The van der Waals surface area contributed by atoms with Crippen molar-refractivity contribution in [2.75, 3.05) is 5.32 Å². The van der Waals surface area contributed by atoms with Gasteiger partial charge < -0.3 is 10.1 Å². The molecule has 0 aliphatic carbocycles. The largest absolute Gasteiger partial charge is 0.463 e. The van der Waals surface area contributed by atoms with Crippen LogP contribution in [-0.4, -0.2) is 21.8 Å². The lowest BCUT2D eigenvalue weighted by atomic mass is 10.3. The van der Waals surface area contributed by atoms with Gasteiger partial charge in [0.15, 0.2) is 6.10 Å². The third kappa shape index (κ3) is 4.52. The van der Waals surface area contributed by atoms with Gasteiger partial charge in [-0.2, -0.15) is 4.68 Å². The number of carbonyl (C=O) groups is 1. The maximum atomic E-state index is 13.1. The van der Waals surface area contributed by atoms with Gasteiger partial charge >= 0.3 is 0 Å². The zero-order valence-electron chi connectivity index (χ0n) is 14.5. The van der Waals surface area contributed by atoms with Crippen molar-refractivity contribution >= 4 is 23.2 Å². The first-order chi connectivity index (χ1) is 13.3. The van der Waals surface area contributed by atoms with Gasteiger partial charge in [0.2, 0.25) is 5.88 Å². The smallest absolute Gasteiger partial charge is 0.271 e. The first-order valence-electron chi connectivity index (χ1n) is 8.12. The lowest BCUT2D eigenvalue weighted by molar-refractivity contribution is -0.122. The second-order valence-electron chi connectivity index (χ2n) is 5.77. The predicted octanol–water partition coefficient (Wildman–Crippen LogP) is 3.57. The highest BCUT2D eigenvalue weighted by Gasteiger charge is 2.17. The van der Waals surface area contributed by atoms with Crippen LogP contribution in [0.1, 0.15) is 6.92 Å². The van der Waals surface area contributed by atoms with E-state index in [1.165, 1.54) is 49.4 Å². The third-order valence-corrected chi connectivity index (χ3v) is 4.02. The molecule has 0 aliphatic rings. The topological polar surface area (TPSA) is 73.2 Å². The number of nitrogens with one attached hydrogen (secondary N) is 1. The molecule has 6 nitrogen and oxygen atoms in total. The summed E-state index contributed by atoms with van der Waals surface area (Å²) in [5.74, 6) is -1.51. The van der Waals surface area contributed by atoms with Gasteiger partial charge in [-0.15, -0.1) is 5.10 Å². The fourth-order valence-corrected chi connectivity index (χ4v) is 2.50. The van der Waals surface area contributed by atoms with Gasteiger partial charge in [0.1, 0.15) is 11.6 Å². The number of anilines is 1. The van der Waals surface area contributed by atoms with E-state index in [-0.39, 0.29) is 16.6 Å². The predicted molar refractivity (Wildman–Crippen MR) is 99.9 cm³/mol. The van der Waals surface area contributed by atoms with Crippen molar-refractivity contribution in [3.8, 4) is 11.6 Å². The molecule has 0 spiro atoms. The van der Waals surface area contributed by atoms with Crippen molar-refractivity contribution in [1.82, 2.24) is 9.78 Å². The number of nitrogens with zero attached hydrogens (tertiary/aromatic N) is 2. The van der Waals surface area contributed by atoms with E-state index in [1.807, 2.05) is 0 Å². The minimum absolute atomic E-state index is 0.0109. The van der Waals surface area contributed by atoms with Crippen molar-refractivity contribution in [2.45, 2.75) is 13.0 Å². The molecule has 28 heavy (non-hydrogen) atoms. The highest BCUT2D eigenvalue weighted by Crippen LogP contribution is 2.22. The summed E-state index contributed by atoms with van der Waals surface area (Å²) in [5, 5.41) is 6.60. The molecule has 0 saturated carbocycles. The van der Waals surface area contributed by atoms with Crippen LogP contribution >= 0.6 is 11.6 Å². The Labute approximate surface area is 163 Å². The van der Waals surface area contributed by atoms with Crippen LogP contribution in [0.4, 0.5) is 14.5 Å². The van der Waals surface area contributed by atoms with E-state index in [0.29, 0.717) is 5.69 Å². The van der Waals surface area contributed by atoms with E-state index in [1.54, 1.807) is 0 Å². The standard InChI is InChI=1S/C19H14ClF2N3O3/c1-11(19(27)23-16-7-4-13(22)10-15(16)20)28-17-8-9-18(26)25(24-17)14-5-2-12(21)3-6-14/h2-11H,1H3,(H,23,27)/t11-/m1/s1. The van der Waals surface area contributed by atoms with Crippen LogP contribution in [0.15, 0.2) is 59.4 Å². The molecule has 0 fully saturated rings. The Morgan fingerprint density at radius 2 is 1.79 bits per heavy atom. The van der Waals surface area contributed by atoms with Crippen LogP contribution in [0.3, 0.4) is 0 Å². The van der Waals surface area contributed by atoms with Gasteiger partial charge in [0.05, 0.1) is 16.4 Å². The molecule has 0 radical (unpaired) electrons. The number of ether oxygens (including phenoxy) is 1. The number of carbonyl (C=O) groups excluding carboxylic acids is 1. The van der Waals surface area contributed by atoms with Crippen molar-refractivity contribution in [3.05, 3.63) is 81.6 Å². The van der Waals surface area contributed by atoms with Gasteiger partial charge in [-0.3, -0.25) is 9.59 Å². The summed E-state index contributed by atoms with van der Waals surface area (Å²) in [7, 11) is 0. The number of halogens is 3. The van der Waals surface area contributed by atoms with E-state index in [2.05, 4.69) is 10.4 Å². The van der Waals surface area contributed by atoms with Gasteiger partial charge in [0.25, 0.3) is 11.5 Å². The van der Waals surface area contributed by atoms with Gasteiger partial charge in [-0.25, -0.2) is 8.78 Å². The molecule has 0 aliphatic heterocycles.